The van der Waals surface area contributed by atoms with Crippen LogP contribution in [0.15, 0.2) is 48.7 Å². The summed E-state index contributed by atoms with van der Waals surface area (Å²) in [6.45, 7) is 9.29. The molecule has 2 rings (SSSR count). The number of nitrogens with two attached hydrogens (primary N) is 1. The van der Waals surface area contributed by atoms with E-state index in [1.54, 1.807) is 0 Å². The van der Waals surface area contributed by atoms with Crippen molar-refractivity contribution < 1.29 is 0 Å². The lowest BCUT2D eigenvalue weighted by Crippen LogP contribution is -2.61. The molecule has 0 saturated carbocycles. The van der Waals surface area contributed by atoms with E-state index in [0.29, 0.717) is 11.4 Å². The van der Waals surface area contributed by atoms with Gasteiger partial charge in [0.15, 0.2) is 0 Å². The highest BCUT2D eigenvalue weighted by atomic mass is 32.2. The van der Waals surface area contributed by atoms with E-state index in [9.17, 15) is 0 Å². The molecule has 1 aromatic carbocycles. The molecule has 1 unspecified atom stereocenters. The Morgan fingerprint density at radius 1 is 1.38 bits per heavy atom. The molecule has 1 aliphatic heterocycles. The lowest BCUT2D eigenvalue weighted by atomic mass is 10.00. The van der Waals surface area contributed by atoms with Gasteiger partial charge in [-0.25, -0.2) is 0 Å². The number of nitrogens with one attached hydrogen (secondary N) is 1. The smallest absolute Gasteiger partial charge is 0.0957 e. The Bertz CT molecular complexity index is 509. The van der Waals surface area contributed by atoms with Gasteiger partial charge in [-0.2, -0.15) is 0 Å². The van der Waals surface area contributed by atoms with Crippen LogP contribution in [0.1, 0.15) is 12.0 Å². The number of benzene rings is 1. The first-order valence-electron chi connectivity index (χ1n) is 7.23. The van der Waals surface area contributed by atoms with Crippen LogP contribution < -0.4 is 11.1 Å². The number of likely N-dealkylation sites (tertiary alicyclic amines) is 1. The van der Waals surface area contributed by atoms with Crippen molar-refractivity contribution in [1.29, 1.82) is 0 Å². The molecule has 0 bridgehead atoms. The van der Waals surface area contributed by atoms with Crippen molar-refractivity contribution in [2.45, 2.75) is 24.3 Å². The van der Waals surface area contributed by atoms with Crippen LogP contribution in [0.3, 0.4) is 0 Å². The van der Waals surface area contributed by atoms with Gasteiger partial charge in [0, 0.05) is 17.9 Å². The summed E-state index contributed by atoms with van der Waals surface area (Å²) in [5.74, 6) is 0. The predicted molar refractivity (Wildman–Crippen MR) is 94.3 cm³/mol. The molecule has 0 aliphatic carbocycles. The lowest BCUT2D eigenvalue weighted by molar-refractivity contribution is 0.193. The quantitative estimate of drug-likeness (QED) is 0.600. The van der Waals surface area contributed by atoms with Gasteiger partial charge in [-0.1, -0.05) is 30.9 Å². The summed E-state index contributed by atoms with van der Waals surface area (Å²) < 4.78 is 0. The van der Waals surface area contributed by atoms with E-state index in [1.165, 1.54) is 16.8 Å². The number of likely N-dealkylation sites (N-methyl/N-ethyl adjacent to an activating group) is 1. The first-order valence-corrected chi connectivity index (χ1v) is 8.52. The normalized spacial score (nSPS) is 21.2. The lowest BCUT2D eigenvalue weighted by Gasteiger charge is -2.51. The number of hydrogen-bond donors (Lipinski definition) is 2. The van der Waals surface area contributed by atoms with Gasteiger partial charge in [0.05, 0.1) is 11.4 Å². The Kier molecular flexibility index (Phi) is 5.37. The molecular formula is C17H25N3S. The maximum Gasteiger partial charge on any atom is 0.0957 e. The first-order chi connectivity index (χ1) is 10.1. The van der Waals surface area contributed by atoms with E-state index in [1.807, 2.05) is 30.9 Å². The van der Waals surface area contributed by atoms with Crippen molar-refractivity contribution in [2.24, 2.45) is 0 Å². The van der Waals surface area contributed by atoms with Gasteiger partial charge in [0.2, 0.25) is 0 Å². The van der Waals surface area contributed by atoms with E-state index in [-0.39, 0.29) is 0 Å². The standard InChI is InChI=1S/C17H25N3S/c1-12(5-6-14-7-9-15(18)10-8-14)11-20-13(2)16(19-3)17(20)21-4/h7-10,16-17,19H,1-2,5-6,11,18H2,3-4H3/t16-,17?/m1/s1. The molecule has 0 aromatic heterocycles. The molecule has 0 spiro atoms. The van der Waals surface area contributed by atoms with Crippen molar-refractivity contribution in [3.05, 3.63) is 54.3 Å². The van der Waals surface area contributed by atoms with Crippen LogP contribution in [0, 0.1) is 0 Å². The van der Waals surface area contributed by atoms with Crippen molar-refractivity contribution in [2.75, 3.05) is 25.6 Å². The zero-order valence-corrected chi connectivity index (χ0v) is 13.7. The predicted octanol–water partition coefficient (Wildman–Crippen LogP) is 2.86. The molecule has 3 N–H and O–H groups in total. The van der Waals surface area contributed by atoms with Crippen molar-refractivity contribution in [3.8, 4) is 0 Å². The molecule has 1 fully saturated rings. The molecule has 114 valence electrons. The van der Waals surface area contributed by atoms with Crippen LogP contribution in [-0.2, 0) is 6.42 Å². The molecule has 1 aromatic rings. The van der Waals surface area contributed by atoms with Crippen molar-refractivity contribution in [1.82, 2.24) is 10.2 Å². The summed E-state index contributed by atoms with van der Waals surface area (Å²) in [5.41, 5.74) is 10.3. The van der Waals surface area contributed by atoms with E-state index in [4.69, 9.17) is 5.73 Å². The van der Waals surface area contributed by atoms with Gasteiger partial charge in [-0.3, -0.25) is 0 Å². The third-order valence-corrected chi connectivity index (χ3v) is 5.02. The van der Waals surface area contributed by atoms with Gasteiger partial charge in [0.1, 0.15) is 0 Å². The Balaban J connectivity index is 1.82. The zero-order chi connectivity index (χ0) is 15.4. The third kappa shape index (κ3) is 3.63. The minimum Gasteiger partial charge on any atom is -0.399 e. The first kappa shape index (κ1) is 16.0. The molecule has 1 heterocycles. The zero-order valence-electron chi connectivity index (χ0n) is 12.9. The number of aryl methyl sites for hydroxylation is 1. The summed E-state index contributed by atoms with van der Waals surface area (Å²) in [6, 6.07) is 8.48. The minimum absolute atomic E-state index is 0.393. The number of thioether (sulfide) groups is 1. The van der Waals surface area contributed by atoms with Crippen LogP contribution in [0.5, 0.6) is 0 Å². The molecular weight excluding hydrogens is 278 g/mol. The van der Waals surface area contributed by atoms with Gasteiger partial charge in [-0.05, 0) is 43.8 Å². The Morgan fingerprint density at radius 3 is 2.62 bits per heavy atom. The molecule has 4 heteroatoms. The highest BCUT2D eigenvalue weighted by Crippen LogP contribution is 2.35. The summed E-state index contributed by atoms with van der Waals surface area (Å²) in [7, 11) is 1.99. The van der Waals surface area contributed by atoms with Crippen LogP contribution in [0.4, 0.5) is 5.69 Å². The Morgan fingerprint density at radius 2 is 2.05 bits per heavy atom. The van der Waals surface area contributed by atoms with Gasteiger partial charge < -0.3 is 16.0 Å². The fraction of sp³-hybridized carbons (Fsp3) is 0.412. The fourth-order valence-electron chi connectivity index (χ4n) is 2.69. The average Bonchev–Trinajstić information content (AvgIpc) is 2.49. The molecule has 0 radical (unpaired) electrons. The Hall–Kier alpha value is -1.39. The number of anilines is 1. The SMILES string of the molecule is C=C(CCc1ccc(N)cc1)CN1C(=C)[C@@H](NC)C1SC. The topological polar surface area (TPSA) is 41.3 Å². The number of rotatable bonds is 7. The van der Waals surface area contributed by atoms with Gasteiger partial charge in [-0.15, -0.1) is 11.8 Å². The van der Waals surface area contributed by atoms with Crippen LogP contribution in [0.25, 0.3) is 0 Å². The average molecular weight is 303 g/mol. The van der Waals surface area contributed by atoms with Crippen LogP contribution in [-0.4, -0.2) is 36.2 Å². The molecule has 1 saturated heterocycles. The van der Waals surface area contributed by atoms with Crippen molar-refractivity contribution >= 4 is 17.4 Å². The van der Waals surface area contributed by atoms with E-state index in [0.717, 1.165) is 25.1 Å². The summed E-state index contributed by atoms with van der Waals surface area (Å²) in [4.78, 5) is 2.34. The fourth-order valence-corrected chi connectivity index (χ4v) is 3.72. The molecule has 21 heavy (non-hydrogen) atoms. The second-order valence-corrected chi connectivity index (χ2v) is 6.46. The second-order valence-electron chi connectivity index (χ2n) is 5.50. The third-order valence-electron chi connectivity index (χ3n) is 4.01. The summed E-state index contributed by atoms with van der Waals surface area (Å²) >= 11 is 1.86. The molecule has 0 amide bonds. The molecule has 2 atom stereocenters. The van der Waals surface area contributed by atoms with E-state index < -0.39 is 0 Å². The highest BCUT2D eigenvalue weighted by molar-refractivity contribution is 7.99. The van der Waals surface area contributed by atoms with Crippen LogP contribution >= 0.6 is 11.8 Å². The maximum atomic E-state index is 5.70. The monoisotopic (exact) mass is 303 g/mol. The largest absolute Gasteiger partial charge is 0.399 e. The van der Waals surface area contributed by atoms with Gasteiger partial charge in [0.25, 0.3) is 0 Å². The van der Waals surface area contributed by atoms with Gasteiger partial charge >= 0.3 is 0 Å². The van der Waals surface area contributed by atoms with E-state index in [2.05, 4.69) is 41.8 Å². The summed E-state index contributed by atoms with van der Waals surface area (Å²) in [5, 5.41) is 3.78. The van der Waals surface area contributed by atoms with E-state index >= 15 is 0 Å². The maximum absolute atomic E-state index is 5.70. The number of nitrogens with zero attached hydrogens (tertiary/aromatic N) is 1. The minimum atomic E-state index is 0.393. The number of hydrogen-bond acceptors (Lipinski definition) is 4. The number of nitrogen functional groups attached to an aromatic ring is 1. The van der Waals surface area contributed by atoms with Crippen molar-refractivity contribution in [3.63, 3.8) is 0 Å². The Labute approximate surface area is 132 Å². The molecule has 3 nitrogen and oxygen atoms in total. The summed E-state index contributed by atoms with van der Waals surface area (Å²) in [6.07, 6.45) is 4.16. The molecule has 1 aliphatic rings. The van der Waals surface area contributed by atoms with Crippen LogP contribution in [0.2, 0.25) is 0 Å². The second kappa shape index (κ2) is 7.05. The highest BCUT2D eigenvalue weighted by Gasteiger charge is 2.40.